The minimum Gasteiger partial charge on any atom is -0.295 e. The molecule has 0 spiro atoms. The zero-order chi connectivity index (χ0) is 11.9. The van der Waals surface area contributed by atoms with Crippen molar-refractivity contribution in [3.05, 3.63) is 11.1 Å². The van der Waals surface area contributed by atoms with Gasteiger partial charge >= 0.3 is 0 Å². The summed E-state index contributed by atoms with van der Waals surface area (Å²) in [6, 6.07) is 0. The summed E-state index contributed by atoms with van der Waals surface area (Å²) < 4.78 is 0. The van der Waals surface area contributed by atoms with E-state index in [0.29, 0.717) is 23.5 Å². The van der Waals surface area contributed by atoms with Gasteiger partial charge < -0.3 is 0 Å². The number of carbonyl (C=O) groups is 1. The van der Waals surface area contributed by atoms with Gasteiger partial charge in [-0.1, -0.05) is 26.3 Å². The fourth-order valence-corrected chi connectivity index (χ4v) is 3.44. The maximum Gasteiger partial charge on any atom is 0.158 e. The largest absolute Gasteiger partial charge is 0.295 e. The van der Waals surface area contributed by atoms with Gasteiger partial charge in [-0.2, -0.15) is 0 Å². The number of hydrogen-bond donors (Lipinski definition) is 0. The first kappa shape index (κ1) is 11.9. The molecular formula is C15H24O. The Hall–Kier alpha value is -0.590. The van der Waals surface area contributed by atoms with Crippen LogP contribution in [0.5, 0.6) is 0 Å². The van der Waals surface area contributed by atoms with Crippen LogP contribution in [0.15, 0.2) is 11.1 Å². The van der Waals surface area contributed by atoms with Crippen LogP contribution < -0.4 is 0 Å². The Morgan fingerprint density at radius 1 is 1.31 bits per heavy atom. The monoisotopic (exact) mass is 220 g/mol. The van der Waals surface area contributed by atoms with E-state index in [-0.39, 0.29) is 0 Å². The molecule has 1 fully saturated rings. The molecule has 3 unspecified atom stereocenters. The first-order valence-corrected chi connectivity index (χ1v) is 6.73. The van der Waals surface area contributed by atoms with Crippen LogP contribution in [-0.4, -0.2) is 5.78 Å². The van der Waals surface area contributed by atoms with Gasteiger partial charge in [0.05, 0.1) is 0 Å². The smallest absolute Gasteiger partial charge is 0.158 e. The minimum absolute atomic E-state index is 0.422. The average Bonchev–Trinajstić information content (AvgIpc) is 2.51. The molecular weight excluding hydrogens is 196 g/mol. The molecule has 0 aliphatic heterocycles. The van der Waals surface area contributed by atoms with Crippen molar-refractivity contribution >= 4 is 5.78 Å². The fourth-order valence-electron chi connectivity index (χ4n) is 3.44. The quantitative estimate of drug-likeness (QED) is 0.653. The molecule has 0 N–H and O–H groups in total. The van der Waals surface area contributed by atoms with Gasteiger partial charge in [-0.15, -0.1) is 0 Å². The Bertz CT molecular complexity index is 324. The third-order valence-electron chi connectivity index (χ3n) is 4.85. The standard InChI is InChI=1S/C15H24O/c1-9(2)12-7-14-10(3)5-6-13(14)11(4)15(16)8-12/h9-10,12,14H,5-8H2,1-4H3. The molecule has 1 saturated carbocycles. The van der Waals surface area contributed by atoms with Crippen LogP contribution in [-0.2, 0) is 4.79 Å². The van der Waals surface area contributed by atoms with E-state index in [1.165, 1.54) is 24.8 Å². The predicted octanol–water partition coefficient (Wildman–Crippen LogP) is 3.98. The van der Waals surface area contributed by atoms with Gasteiger partial charge in [0.25, 0.3) is 0 Å². The number of Topliss-reactive ketones (excluding diaryl/α,β-unsaturated/α-hetero) is 1. The lowest BCUT2D eigenvalue weighted by Crippen LogP contribution is -2.16. The van der Waals surface area contributed by atoms with E-state index in [2.05, 4.69) is 27.7 Å². The molecule has 2 rings (SSSR count). The normalized spacial score (nSPS) is 35.6. The van der Waals surface area contributed by atoms with Gasteiger partial charge in [0.1, 0.15) is 0 Å². The molecule has 0 bridgehead atoms. The van der Waals surface area contributed by atoms with E-state index >= 15 is 0 Å². The first-order valence-electron chi connectivity index (χ1n) is 6.73. The van der Waals surface area contributed by atoms with Gasteiger partial charge in [0.2, 0.25) is 0 Å². The van der Waals surface area contributed by atoms with Crippen LogP contribution in [0.2, 0.25) is 0 Å². The van der Waals surface area contributed by atoms with Crippen LogP contribution in [0.25, 0.3) is 0 Å². The highest BCUT2D eigenvalue weighted by Gasteiger charge is 2.36. The number of hydrogen-bond acceptors (Lipinski definition) is 1. The Labute approximate surface area is 99.3 Å². The van der Waals surface area contributed by atoms with E-state index in [9.17, 15) is 4.79 Å². The number of rotatable bonds is 1. The fraction of sp³-hybridized carbons (Fsp3) is 0.800. The Morgan fingerprint density at radius 3 is 2.62 bits per heavy atom. The van der Waals surface area contributed by atoms with Crippen LogP contribution >= 0.6 is 0 Å². The molecule has 3 atom stereocenters. The third kappa shape index (κ3) is 1.97. The zero-order valence-electron chi connectivity index (χ0n) is 11.0. The highest BCUT2D eigenvalue weighted by molar-refractivity contribution is 5.96. The lowest BCUT2D eigenvalue weighted by molar-refractivity contribution is -0.116. The predicted molar refractivity (Wildman–Crippen MR) is 67.2 cm³/mol. The SMILES string of the molecule is CC1=C2CCC(C)C2CC(C(C)C)CC1=O. The van der Waals surface area contributed by atoms with Crippen molar-refractivity contribution in [1.82, 2.24) is 0 Å². The molecule has 90 valence electrons. The summed E-state index contributed by atoms with van der Waals surface area (Å²) in [6.07, 6.45) is 4.50. The molecule has 1 nitrogen and oxygen atoms in total. The van der Waals surface area contributed by atoms with Crippen molar-refractivity contribution < 1.29 is 4.79 Å². The molecule has 0 aromatic rings. The van der Waals surface area contributed by atoms with Crippen LogP contribution in [0.4, 0.5) is 0 Å². The summed E-state index contributed by atoms with van der Waals surface area (Å²) >= 11 is 0. The molecule has 16 heavy (non-hydrogen) atoms. The summed E-state index contributed by atoms with van der Waals surface area (Å²) in [5, 5.41) is 0. The first-order chi connectivity index (χ1) is 7.50. The third-order valence-corrected chi connectivity index (χ3v) is 4.85. The van der Waals surface area contributed by atoms with E-state index in [4.69, 9.17) is 0 Å². The highest BCUT2D eigenvalue weighted by Crippen LogP contribution is 2.45. The summed E-state index contributed by atoms with van der Waals surface area (Å²) in [4.78, 5) is 12.1. The van der Waals surface area contributed by atoms with Gasteiger partial charge in [-0.3, -0.25) is 4.79 Å². The Morgan fingerprint density at radius 2 is 2.00 bits per heavy atom. The van der Waals surface area contributed by atoms with Gasteiger partial charge in [-0.25, -0.2) is 0 Å². The number of fused-ring (bicyclic) bond motifs is 1. The number of carbonyl (C=O) groups excluding carboxylic acids is 1. The van der Waals surface area contributed by atoms with Crippen molar-refractivity contribution in [1.29, 1.82) is 0 Å². The zero-order valence-corrected chi connectivity index (χ0v) is 11.0. The molecule has 0 heterocycles. The van der Waals surface area contributed by atoms with Crippen LogP contribution in [0.3, 0.4) is 0 Å². The van der Waals surface area contributed by atoms with Gasteiger partial charge in [0, 0.05) is 6.42 Å². The summed E-state index contributed by atoms with van der Waals surface area (Å²) in [7, 11) is 0. The van der Waals surface area contributed by atoms with Crippen molar-refractivity contribution in [3.8, 4) is 0 Å². The van der Waals surface area contributed by atoms with Crippen LogP contribution in [0, 0.1) is 23.7 Å². The van der Waals surface area contributed by atoms with Gasteiger partial charge in [-0.05, 0) is 55.4 Å². The van der Waals surface area contributed by atoms with Gasteiger partial charge in [0.15, 0.2) is 5.78 Å². The second-order valence-corrected chi connectivity index (χ2v) is 6.14. The molecule has 0 saturated heterocycles. The highest BCUT2D eigenvalue weighted by atomic mass is 16.1. The molecule has 0 aromatic carbocycles. The van der Waals surface area contributed by atoms with E-state index in [1.807, 2.05) is 0 Å². The molecule has 2 aliphatic rings. The molecule has 2 aliphatic carbocycles. The molecule has 0 aromatic heterocycles. The van der Waals surface area contributed by atoms with E-state index < -0.39 is 0 Å². The maximum absolute atomic E-state index is 12.1. The summed E-state index contributed by atoms with van der Waals surface area (Å²) in [6.45, 7) is 8.94. The molecule has 0 amide bonds. The topological polar surface area (TPSA) is 17.1 Å². The molecule has 1 heteroatoms. The number of ketones is 1. The number of allylic oxidation sites excluding steroid dienone is 2. The van der Waals surface area contributed by atoms with E-state index in [0.717, 1.165) is 17.9 Å². The second-order valence-electron chi connectivity index (χ2n) is 6.14. The van der Waals surface area contributed by atoms with Crippen molar-refractivity contribution in [2.75, 3.05) is 0 Å². The van der Waals surface area contributed by atoms with Crippen molar-refractivity contribution in [2.45, 2.75) is 53.4 Å². The lowest BCUT2D eigenvalue weighted by Gasteiger charge is -2.24. The summed E-state index contributed by atoms with van der Waals surface area (Å²) in [5.74, 6) is 3.16. The Balaban J connectivity index is 2.30. The van der Waals surface area contributed by atoms with E-state index in [1.54, 1.807) is 0 Å². The van der Waals surface area contributed by atoms with Crippen molar-refractivity contribution in [3.63, 3.8) is 0 Å². The van der Waals surface area contributed by atoms with Crippen molar-refractivity contribution in [2.24, 2.45) is 23.7 Å². The molecule has 0 radical (unpaired) electrons. The lowest BCUT2D eigenvalue weighted by atomic mass is 9.81. The average molecular weight is 220 g/mol. The minimum atomic E-state index is 0.422. The second kappa shape index (κ2) is 4.35. The summed E-state index contributed by atoms with van der Waals surface area (Å²) in [5.41, 5.74) is 2.61. The Kier molecular flexibility index (Phi) is 3.23. The van der Waals surface area contributed by atoms with Crippen LogP contribution in [0.1, 0.15) is 53.4 Å². The maximum atomic E-state index is 12.1.